The summed E-state index contributed by atoms with van der Waals surface area (Å²) in [6.45, 7) is 7.47. The van der Waals surface area contributed by atoms with Crippen molar-refractivity contribution in [3.8, 4) is 11.1 Å². The van der Waals surface area contributed by atoms with Crippen LogP contribution in [0, 0.1) is 6.92 Å². The van der Waals surface area contributed by atoms with E-state index < -0.39 is 0 Å². The molecule has 6 nitrogen and oxygen atoms in total. The van der Waals surface area contributed by atoms with Gasteiger partial charge in [-0.25, -0.2) is 9.67 Å². The number of aromatic nitrogens is 4. The zero-order valence-corrected chi connectivity index (χ0v) is 14.1. The van der Waals surface area contributed by atoms with Gasteiger partial charge >= 0.3 is 0 Å². The van der Waals surface area contributed by atoms with Crippen molar-refractivity contribution in [3.63, 3.8) is 0 Å². The van der Waals surface area contributed by atoms with Crippen LogP contribution in [-0.4, -0.2) is 32.6 Å². The van der Waals surface area contributed by atoms with Gasteiger partial charge in [-0.1, -0.05) is 0 Å². The summed E-state index contributed by atoms with van der Waals surface area (Å²) in [7, 11) is 0. The molecule has 0 amide bonds. The van der Waals surface area contributed by atoms with Crippen LogP contribution in [0.3, 0.4) is 0 Å². The highest BCUT2D eigenvalue weighted by Gasteiger charge is 2.19. The van der Waals surface area contributed by atoms with Gasteiger partial charge in [0.15, 0.2) is 11.9 Å². The maximum atomic E-state index is 11.8. The average molecular weight is 324 g/mol. The van der Waals surface area contributed by atoms with Gasteiger partial charge in [-0.15, -0.1) is 0 Å². The first kappa shape index (κ1) is 16.3. The van der Waals surface area contributed by atoms with E-state index in [0.717, 1.165) is 34.0 Å². The molecule has 0 aliphatic heterocycles. The molecule has 24 heavy (non-hydrogen) atoms. The summed E-state index contributed by atoms with van der Waals surface area (Å²) in [5.41, 5.74) is 4.67. The van der Waals surface area contributed by atoms with Crippen LogP contribution in [0.5, 0.6) is 0 Å². The minimum Gasteiger partial charge on any atom is -0.375 e. The number of hydrogen-bond acceptors (Lipinski definition) is 5. The monoisotopic (exact) mass is 324 g/mol. The number of nitrogens with zero attached hydrogens (tertiary/aromatic N) is 4. The molecule has 0 saturated heterocycles. The third-order valence-corrected chi connectivity index (χ3v) is 3.93. The SMILES string of the molecule is CCOCc1nc2c(cnn2CC)c(-c2cncc(C)c2)c1C=O. The van der Waals surface area contributed by atoms with Gasteiger partial charge in [0.05, 0.1) is 18.5 Å². The predicted molar refractivity (Wildman–Crippen MR) is 91.9 cm³/mol. The zero-order valence-electron chi connectivity index (χ0n) is 14.1. The number of hydrogen-bond donors (Lipinski definition) is 0. The van der Waals surface area contributed by atoms with Gasteiger partial charge in [0.2, 0.25) is 0 Å². The Morgan fingerprint density at radius 3 is 2.75 bits per heavy atom. The molecule has 0 aliphatic carbocycles. The third-order valence-electron chi connectivity index (χ3n) is 3.93. The van der Waals surface area contributed by atoms with Crippen LogP contribution in [0.2, 0.25) is 0 Å². The molecule has 0 atom stereocenters. The minimum atomic E-state index is 0.293. The number of ether oxygens (including phenoxy) is 1. The number of pyridine rings is 2. The highest BCUT2D eigenvalue weighted by molar-refractivity contribution is 6.02. The molecular weight excluding hydrogens is 304 g/mol. The Labute approximate surface area is 140 Å². The van der Waals surface area contributed by atoms with E-state index in [-0.39, 0.29) is 0 Å². The molecule has 0 aromatic carbocycles. The van der Waals surface area contributed by atoms with Crippen molar-refractivity contribution >= 4 is 17.3 Å². The molecule has 0 unspecified atom stereocenters. The van der Waals surface area contributed by atoms with Gasteiger partial charge in [0.1, 0.15) is 0 Å². The Morgan fingerprint density at radius 2 is 2.08 bits per heavy atom. The Hall–Kier alpha value is -2.60. The van der Waals surface area contributed by atoms with Crippen molar-refractivity contribution in [2.75, 3.05) is 6.61 Å². The second-order valence-electron chi connectivity index (χ2n) is 5.55. The molecule has 0 spiro atoms. The molecule has 6 heteroatoms. The highest BCUT2D eigenvalue weighted by Crippen LogP contribution is 2.32. The molecule has 3 rings (SSSR count). The largest absolute Gasteiger partial charge is 0.375 e. The minimum absolute atomic E-state index is 0.293. The van der Waals surface area contributed by atoms with E-state index in [4.69, 9.17) is 4.74 Å². The lowest BCUT2D eigenvalue weighted by Gasteiger charge is -2.12. The summed E-state index contributed by atoms with van der Waals surface area (Å²) in [5.74, 6) is 0. The first-order valence-electron chi connectivity index (χ1n) is 8.02. The van der Waals surface area contributed by atoms with Crippen molar-refractivity contribution < 1.29 is 9.53 Å². The summed E-state index contributed by atoms with van der Waals surface area (Å²) >= 11 is 0. The third kappa shape index (κ3) is 2.80. The van der Waals surface area contributed by atoms with Crippen LogP contribution in [0.1, 0.15) is 35.5 Å². The van der Waals surface area contributed by atoms with Gasteiger partial charge in [0, 0.05) is 47.6 Å². The van der Waals surface area contributed by atoms with E-state index in [1.54, 1.807) is 18.6 Å². The fourth-order valence-electron chi connectivity index (χ4n) is 2.82. The lowest BCUT2D eigenvalue weighted by atomic mass is 9.97. The van der Waals surface area contributed by atoms with E-state index in [0.29, 0.717) is 31.0 Å². The zero-order chi connectivity index (χ0) is 17.1. The Morgan fingerprint density at radius 1 is 1.25 bits per heavy atom. The van der Waals surface area contributed by atoms with E-state index in [1.165, 1.54) is 0 Å². The van der Waals surface area contributed by atoms with Crippen molar-refractivity contribution in [2.24, 2.45) is 0 Å². The molecule has 0 fully saturated rings. The fraction of sp³-hybridized carbons (Fsp3) is 0.333. The topological polar surface area (TPSA) is 69.9 Å². The molecule has 0 N–H and O–H groups in total. The standard InChI is InChI=1S/C18H20N4O2/c1-4-22-18-14(9-20-22)17(13-6-12(3)7-19-8-13)15(10-23)16(21-18)11-24-5-2/h6-10H,4-5,11H2,1-3H3. The quantitative estimate of drug-likeness (QED) is 0.651. The second-order valence-corrected chi connectivity index (χ2v) is 5.55. The first-order valence-corrected chi connectivity index (χ1v) is 8.02. The highest BCUT2D eigenvalue weighted by atomic mass is 16.5. The van der Waals surface area contributed by atoms with Crippen LogP contribution < -0.4 is 0 Å². The molecule has 3 aromatic rings. The first-order chi connectivity index (χ1) is 11.7. The van der Waals surface area contributed by atoms with Crippen LogP contribution in [-0.2, 0) is 17.9 Å². The van der Waals surface area contributed by atoms with Crippen molar-refractivity contribution in [1.82, 2.24) is 19.7 Å². The molecule has 0 bridgehead atoms. The normalized spacial score (nSPS) is 11.1. The maximum absolute atomic E-state index is 11.8. The van der Waals surface area contributed by atoms with Crippen molar-refractivity contribution in [1.29, 1.82) is 0 Å². The number of aryl methyl sites for hydroxylation is 2. The van der Waals surface area contributed by atoms with Crippen LogP contribution in [0.15, 0.2) is 24.7 Å². The Balaban J connectivity index is 2.35. The summed E-state index contributed by atoms with van der Waals surface area (Å²) in [5, 5.41) is 5.25. The molecule has 0 saturated carbocycles. The van der Waals surface area contributed by atoms with E-state index in [9.17, 15) is 4.79 Å². The number of fused-ring (bicyclic) bond motifs is 1. The smallest absolute Gasteiger partial charge is 0.158 e. The lowest BCUT2D eigenvalue weighted by molar-refractivity contribution is 0.110. The van der Waals surface area contributed by atoms with Crippen molar-refractivity contribution in [2.45, 2.75) is 33.9 Å². The summed E-state index contributed by atoms with van der Waals surface area (Å²) in [4.78, 5) is 20.8. The van der Waals surface area contributed by atoms with Crippen LogP contribution in [0.4, 0.5) is 0 Å². The summed E-state index contributed by atoms with van der Waals surface area (Å²) in [6.07, 6.45) is 6.17. The van der Waals surface area contributed by atoms with Crippen LogP contribution in [0.25, 0.3) is 22.2 Å². The molecule has 0 aliphatic rings. The number of carbonyl (C=O) groups is 1. The maximum Gasteiger partial charge on any atom is 0.158 e. The number of aldehydes is 1. The molecule has 0 radical (unpaired) electrons. The molecule has 3 heterocycles. The number of rotatable bonds is 6. The fourth-order valence-corrected chi connectivity index (χ4v) is 2.82. The summed E-state index contributed by atoms with van der Waals surface area (Å²) < 4.78 is 7.33. The summed E-state index contributed by atoms with van der Waals surface area (Å²) in [6, 6.07) is 2.02. The average Bonchev–Trinajstić information content (AvgIpc) is 3.00. The van der Waals surface area contributed by atoms with Gasteiger partial charge in [-0.05, 0) is 32.4 Å². The number of carbonyl (C=O) groups excluding carboxylic acids is 1. The Bertz CT molecular complexity index is 886. The van der Waals surface area contributed by atoms with E-state index >= 15 is 0 Å². The van der Waals surface area contributed by atoms with Gasteiger partial charge in [-0.2, -0.15) is 5.10 Å². The molecular formula is C18H20N4O2. The van der Waals surface area contributed by atoms with Gasteiger partial charge in [0.25, 0.3) is 0 Å². The van der Waals surface area contributed by atoms with Crippen LogP contribution >= 0.6 is 0 Å². The molecule has 124 valence electrons. The van der Waals surface area contributed by atoms with Crippen molar-refractivity contribution in [3.05, 3.63) is 41.5 Å². The van der Waals surface area contributed by atoms with E-state index in [1.807, 2.05) is 31.5 Å². The Kier molecular flexibility index (Phi) is 4.66. The molecule has 3 aromatic heterocycles. The second kappa shape index (κ2) is 6.88. The lowest BCUT2D eigenvalue weighted by Crippen LogP contribution is -2.06. The van der Waals surface area contributed by atoms with Gasteiger partial charge in [-0.3, -0.25) is 9.78 Å². The predicted octanol–water partition coefficient (Wildman–Crippen LogP) is 3.17. The van der Waals surface area contributed by atoms with E-state index in [2.05, 4.69) is 15.1 Å². The van der Waals surface area contributed by atoms with Gasteiger partial charge < -0.3 is 4.74 Å².